The van der Waals surface area contributed by atoms with Crippen LogP contribution in [0.25, 0.3) is 0 Å². The topological polar surface area (TPSA) is 75.4 Å². The minimum Gasteiger partial charge on any atom is -0.478 e. The van der Waals surface area contributed by atoms with Crippen LogP contribution in [0.4, 0.5) is 0 Å². The van der Waals surface area contributed by atoms with Crippen LogP contribution in [-0.2, 0) is 30.7 Å². The Balaban J connectivity index is 1.54. The Morgan fingerprint density at radius 1 is 1.25 bits per heavy atom. The number of carbonyl (C=O) groups excluding carboxylic acids is 1. The van der Waals surface area contributed by atoms with Crippen LogP contribution >= 0.6 is 0 Å². The molecule has 6 heteroatoms. The average Bonchev–Trinajstić information content (AvgIpc) is 3.07. The Bertz CT molecular complexity index is 812. The van der Waals surface area contributed by atoms with Crippen LogP contribution in [0.1, 0.15) is 33.7 Å². The van der Waals surface area contributed by atoms with Gasteiger partial charge in [-0.1, -0.05) is 12.1 Å². The summed E-state index contributed by atoms with van der Waals surface area (Å²) in [5.74, 6) is 0.0950. The molecule has 1 amide bonds. The summed E-state index contributed by atoms with van der Waals surface area (Å²) < 4.78 is 2.10. The predicted molar refractivity (Wildman–Crippen MR) is 86.6 cm³/mol. The molecule has 1 aromatic heterocycles. The van der Waals surface area contributed by atoms with E-state index in [-0.39, 0.29) is 11.8 Å². The van der Waals surface area contributed by atoms with Crippen molar-refractivity contribution in [2.45, 2.75) is 32.4 Å². The molecule has 0 saturated heterocycles. The highest BCUT2D eigenvalue weighted by atomic mass is 16.4. The van der Waals surface area contributed by atoms with Crippen LogP contribution in [0.3, 0.4) is 0 Å². The van der Waals surface area contributed by atoms with Crippen molar-refractivity contribution in [2.75, 3.05) is 6.54 Å². The van der Waals surface area contributed by atoms with Gasteiger partial charge in [0.1, 0.15) is 5.82 Å². The van der Waals surface area contributed by atoms with E-state index in [9.17, 15) is 14.7 Å². The maximum atomic E-state index is 12.9. The molecule has 3 heterocycles. The van der Waals surface area contributed by atoms with E-state index >= 15 is 0 Å². The molecular formula is C18H19N3O3. The molecule has 0 radical (unpaired) electrons. The number of imidazole rings is 1. The number of nitrogens with zero attached hydrogens (tertiary/aromatic N) is 3. The molecule has 1 unspecified atom stereocenters. The van der Waals surface area contributed by atoms with Crippen LogP contribution in [-0.4, -0.2) is 38.0 Å². The fraction of sp³-hybridized carbons (Fsp3) is 0.389. The molecule has 2 aliphatic heterocycles. The minimum atomic E-state index is -0.930. The van der Waals surface area contributed by atoms with Gasteiger partial charge in [0.05, 0.1) is 5.56 Å². The second kappa shape index (κ2) is 5.78. The van der Waals surface area contributed by atoms with E-state index in [1.807, 2.05) is 17.2 Å². The van der Waals surface area contributed by atoms with Gasteiger partial charge in [0.2, 0.25) is 5.91 Å². The zero-order valence-electron chi connectivity index (χ0n) is 13.3. The van der Waals surface area contributed by atoms with Gasteiger partial charge in [-0.05, 0) is 30.0 Å². The number of benzene rings is 1. The third-order valence-electron chi connectivity index (χ3n) is 5.11. The summed E-state index contributed by atoms with van der Waals surface area (Å²) in [6.07, 6.45) is 5.91. The SMILES string of the molecule is O=C(O)c1cccc2c1CN(C(=O)C1CCn3ccnc3C1)CC2. The van der Waals surface area contributed by atoms with E-state index in [4.69, 9.17) is 0 Å². The first-order valence-electron chi connectivity index (χ1n) is 8.26. The summed E-state index contributed by atoms with van der Waals surface area (Å²) in [4.78, 5) is 30.5. The third kappa shape index (κ3) is 2.48. The molecule has 1 atom stereocenters. The monoisotopic (exact) mass is 325 g/mol. The van der Waals surface area contributed by atoms with E-state index in [2.05, 4.69) is 9.55 Å². The lowest BCUT2D eigenvalue weighted by Crippen LogP contribution is -2.42. The second-order valence-corrected chi connectivity index (χ2v) is 6.48. The molecule has 24 heavy (non-hydrogen) atoms. The van der Waals surface area contributed by atoms with Gasteiger partial charge in [-0.25, -0.2) is 9.78 Å². The highest BCUT2D eigenvalue weighted by Crippen LogP contribution is 2.27. The van der Waals surface area contributed by atoms with E-state index < -0.39 is 5.97 Å². The Kier molecular flexibility index (Phi) is 3.59. The summed E-state index contributed by atoms with van der Waals surface area (Å²) in [5, 5.41) is 9.39. The molecule has 6 nitrogen and oxygen atoms in total. The number of carboxylic acid groups (broad SMARTS) is 1. The summed E-state index contributed by atoms with van der Waals surface area (Å²) in [5.41, 5.74) is 2.13. The minimum absolute atomic E-state index is 0.0570. The number of hydrogen-bond acceptors (Lipinski definition) is 3. The average molecular weight is 325 g/mol. The summed E-state index contributed by atoms with van der Waals surface area (Å²) in [6.45, 7) is 1.86. The number of carboxylic acids is 1. The van der Waals surface area contributed by atoms with Crippen molar-refractivity contribution in [3.63, 3.8) is 0 Å². The molecule has 2 aliphatic rings. The van der Waals surface area contributed by atoms with E-state index in [1.54, 1.807) is 18.3 Å². The highest BCUT2D eigenvalue weighted by molar-refractivity contribution is 5.90. The van der Waals surface area contributed by atoms with Crippen LogP contribution in [0, 0.1) is 5.92 Å². The first kappa shape index (κ1) is 14.9. The third-order valence-corrected chi connectivity index (χ3v) is 5.11. The Morgan fingerprint density at radius 2 is 2.12 bits per heavy atom. The van der Waals surface area contributed by atoms with Crippen molar-refractivity contribution >= 4 is 11.9 Å². The maximum Gasteiger partial charge on any atom is 0.336 e. The molecule has 0 saturated carbocycles. The number of aromatic nitrogens is 2. The van der Waals surface area contributed by atoms with Gasteiger partial charge in [0.15, 0.2) is 0 Å². The van der Waals surface area contributed by atoms with Crippen LogP contribution in [0.2, 0.25) is 0 Å². The first-order chi connectivity index (χ1) is 11.6. The van der Waals surface area contributed by atoms with E-state index in [0.717, 1.165) is 29.9 Å². The lowest BCUT2D eigenvalue weighted by molar-refractivity contribution is -0.137. The standard InChI is InChI=1S/C18H19N3O3/c22-17(13-5-7-20-9-6-19-16(20)10-13)21-8-4-12-2-1-3-14(18(23)24)15(12)11-21/h1-3,6,9,13H,4-5,7-8,10-11H2,(H,23,24). The fourth-order valence-electron chi connectivity index (χ4n) is 3.79. The summed E-state index contributed by atoms with van der Waals surface area (Å²) in [6, 6.07) is 5.36. The fourth-order valence-corrected chi connectivity index (χ4v) is 3.79. The lowest BCUT2D eigenvalue weighted by atomic mass is 9.91. The normalized spacial score (nSPS) is 19.5. The second-order valence-electron chi connectivity index (χ2n) is 6.48. The molecule has 0 aliphatic carbocycles. The number of carbonyl (C=O) groups is 2. The van der Waals surface area contributed by atoms with Crippen molar-refractivity contribution in [1.29, 1.82) is 0 Å². The van der Waals surface area contributed by atoms with Crippen molar-refractivity contribution < 1.29 is 14.7 Å². The van der Waals surface area contributed by atoms with Gasteiger partial charge in [0.25, 0.3) is 0 Å². The summed E-state index contributed by atoms with van der Waals surface area (Å²) >= 11 is 0. The smallest absolute Gasteiger partial charge is 0.336 e. The quantitative estimate of drug-likeness (QED) is 0.912. The molecule has 1 N–H and O–H groups in total. The van der Waals surface area contributed by atoms with Gasteiger partial charge in [-0.2, -0.15) is 0 Å². The number of fused-ring (bicyclic) bond motifs is 2. The molecule has 1 aromatic carbocycles. The lowest BCUT2D eigenvalue weighted by Gasteiger charge is -2.33. The summed E-state index contributed by atoms with van der Waals surface area (Å²) in [7, 11) is 0. The Hall–Kier alpha value is -2.63. The van der Waals surface area contributed by atoms with Crippen molar-refractivity contribution in [2.24, 2.45) is 5.92 Å². The first-order valence-corrected chi connectivity index (χ1v) is 8.26. The van der Waals surface area contributed by atoms with Gasteiger partial charge >= 0.3 is 5.97 Å². The number of rotatable bonds is 2. The molecular weight excluding hydrogens is 306 g/mol. The van der Waals surface area contributed by atoms with Gasteiger partial charge in [0, 0.05) is 44.4 Å². The van der Waals surface area contributed by atoms with Crippen molar-refractivity contribution in [3.05, 3.63) is 53.1 Å². The molecule has 2 aromatic rings. The van der Waals surface area contributed by atoms with Gasteiger partial charge < -0.3 is 14.6 Å². The Labute approximate surface area is 139 Å². The molecule has 4 rings (SSSR count). The van der Waals surface area contributed by atoms with Gasteiger partial charge in [-0.3, -0.25) is 4.79 Å². The van der Waals surface area contributed by atoms with Crippen LogP contribution in [0.5, 0.6) is 0 Å². The molecule has 0 bridgehead atoms. The van der Waals surface area contributed by atoms with E-state index in [0.29, 0.717) is 31.5 Å². The number of aryl methyl sites for hydroxylation is 1. The number of amides is 1. The van der Waals surface area contributed by atoms with Gasteiger partial charge in [-0.15, -0.1) is 0 Å². The highest BCUT2D eigenvalue weighted by Gasteiger charge is 2.31. The number of hydrogen-bond donors (Lipinski definition) is 1. The Morgan fingerprint density at radius 3 is 2.96 bits per heavy atom. The maximum absolute atomic E-state index is 12.9. The largest absolute Gasteiger partial charge is 0.478 e. The molecule has 0 fully saturated rings. The van der Waals surface area contributed by atoms with E-state index in [1.165, 1.54) is 0 Å². The predicted octanol–water partition coefficient (Wildman–Crippen LogP) is 1.73. The zero-order chi connectivity index (χ0) is 16.7. The zero-order valence-corrected chi connectivity index (χ0v) is 13.3. The van der Waals surface area contributed by atoms with Crippen molar-refractivity contribution in [1.82, 2.24) is 14.5 Å². The number of aromatic carboxylic acids is 1. The molecule has 124 valence electrons. The van der Waals surface area contributed by atoms with Crippen molar-refractivity contribution in [3.8, 4) is 0 Å². The van der Waals surface area contributed by atoms with Crippen LogP contribution < -0.4 is 0 Å². The molecule has 0 spiro atoms. The van der Waals surface area contributed by atoms with Crippen LogP contribution in [0.15, 0.2) is 30.6 Å².